The highest BCUT2D eigenvalue weighted by Gasteiger charge is 2.46. The maximum atomic E-state index is 11.9. The van der Waals surface area contributed by atoms with Gasteiger partial charge in [0.05, 0.1) is 0 Å². The highest BCUT2D eigenvalue weighted by Crippen LogP contribution is 2.47. The number of aryl methyl sites for hydroxylation is 1. The van der Waals surface area contributed by atoms with E-state index in [0.29, 0.717) is 17.5 Å². The van der Waals surface area contributed by atoms with E-state index in [0.717, 1.165) is 18.5 Å². The third kappa shape index (κ3) is 3.86. The maximum Gasteiger partial charge on any atom is 0.412 e. The molecule has 0 spiro atoms. The molecule has 0 bridgehead atoms. The van der Waals surface area contributed by atoms with Crippen molar-refractivity contribution in [3.8, 4) is 0 Å². The van der Waals surface area contributed by atoms with Crippen molar-refractivity contribution in [2.75, 3.05) is 5.32 Å². The highest BCUT2D eigenvalue weighted by atomic mass is 16.6. The smallest absolute Gasteiger partial charge is 0.412 e. The molecule has 0 saturated heterocycles. The van der Waals surface area contributed by atoms with Crippen molar-refractivity contribution < 1.29 is 9.53 Å². The Labute approximate surface area is 139 Å². The van der Waals surface area contributed by atoms with Crippen molar-refractivity contribution in [3.63, 3.8) is 0 Å². The molecule has 2 aliphatic carbocycles. The van der Waals surface area contributed by atoms with Gasteiger partial charge in [-0.2, -0.15) is 0 Å². The second-order valence-corrected chi connectivity index (χ2v) is 8.54. The number of amides is 1. The Kier molecular flexibility index (Phi) is 3.91. The van der Waals surface area contributed by atoms with Crippen LogP contribution in [0.4, 0.5) is 10.5 Å². The molecule has 1 aromatic carbocycles. The topological polar surface area (TPSA) is 50.4 Å². The van der Waals surface area contributed by atoms with Crippen molar-refractivity contribution >= 4 is 11.8 Å². The van der Waals surface area contributed by atoms with Gasteiger partial charge in [-0.1, -0.05) is 19.9 Å². The number of anilines is 1. The molecule has 3 rings (SSSR count). The molecule has 0 heterocycles. The predicted octanol–water partition coefficient (Wildman–Crippen LogP) is 4.41. The van der Waals surface area contributed by atoms with Gasteiger partial charge in [0.25, 0.3) is 0 Å². The number of carbonyl (C=O) groups is 1. The maximum absolute atomic E-state index is 11.9. The Balaban J connectivity index is 1.63. The summed E-state index contributed by atoms with van der Waals surface area (Å²) in [4.78, 5) is 11.9. The van der Waals surface area contributed by atoms with E-state index in [9.17, 15) is 4.79 Å². The Morgan fingerprint density at radius 3 is 2.61 bits per heavy atom. The number of carbonyl (C=O) groups excluding carboxylic acids is 1. The summed E-state index contributed by atoms with van der Waals surface area (Å²) < 4.78 is 5.30. The second-order valence-electron chi connectivity index (χ2n) is 8.54. The first-order chi connectivity index (χ1) is 10.6. The lowest BCUT2D eigenvalue weighted by Gasteiger charge is -2.20. The summed E-state index contributed by atoms with van der Waals surface area (Å²) in [6, 6.07) is 7.28. The summed E-state index contributed by atoms with van der Waals surface area (Å²) in [6.45, 7) is 10.2. The van der Waals surface area contributed by atoms with Crippen LogP contribution in [0.1, 0.15) is 64.6 Å². The van der Waals surface area contributed by atoms with Gasteiger partial charge in [0.2, 0.25) is 0 Å². The van der Waals surface area contributed by atoms with E-state index in [1.54, 1.807) is 0 Å². The molecule has 2 atom stereocenters. The predicted molar refractivity (Wildman–Crippen MR) is 92.7 cm³/mol. The Morgan fingerprint density at radius 1 is 1.30 bits per heavy atom. The third-order valence-electron chi connectivity index (χ3n) is 4.78. The van der Waals surface area contributed by atoms with Gasteiger partial charge >= 0.3 is 6.09 Å². The van der Waals surface area contributed by atoms with Crippen molar-refractivity contribution in [2.24, 2.45) is 5.41 Å². The number of ether oxygens (including phenoxy) is 1. The van der Waals surface area contributed by atoms with Crippen LogP contribution < -0.4 is 10.6 Å². The van der Waals surface area contributed by atoms with Gasteiger partial charge in [-0.15, -0.1) is 0 Å². The Hall–Kier alpha value is -1.55. The largest absolute Gasteiger partial charge is 0.444 e. The molecule has 0 radical (unpaired) electrons. The van der Waals surface area contributed by atoms with Crippen molar-refractivity contribution in [3.05, 3.63) is 29.3 Å². The van der Waals surface area contributed by atoms with Gasteiger partial charge in [0.1, 0.15) is 5.60 Å². The van der Waals surface area contributed by atoms with Crippen LogP contribution >= 0.6 is 0 Å². The average Bonchev–Trinajstić information content (AvgIpc) is 2.81. The minimum Gasteiger partial charge on any atom is -0.444 e. The molecule has 2 unspecified atom stereocenters. The molecular weight excluding hydrogens is 288 g/mol. The normalized spacial score (nSPS) is 24.9. The molecular formula is C19H28N2O2. The van der Waals surface area contributed by atoms with Crippen LogP contribution in [-0.2, 0) is 11.2 Å². The zero-order valence-electron chi connectivity index (χ0n) is 14.8. The number of benzene rings is 1. The fraction of sp³-hybridized carbons (Fsp3) is 0.632. The molecule has 126 valence electrons. The number of rotatable bonds is 3. The van der Waals surface area contributed by atoms with E-state index in [1.807, 2.05) is 26.8 Å². The summed E-state index contributed by atoms with van der Waals surface area (Å²) in [5.74, 6) is 0. The first kappa shape index (κ1) is 16.3. The van der Waals surface area contributed by atoms with Gasteiger partial charge < -0.3 is 10.1 Å². The number of hydrogen-bond donors (Lipinski definition) is 2. The van der Waals surface area contributed by atoms with Gasteiger partial charge in [0.15, 0.2) is 0 Å². The first-order valence-corrected chi connectivity index (χ1v) is 8.53. The van der Waals surface area contributed by atoms with Crippen LogP contribution in [0.15, 0.2) is 18.2 Å². The quantitative estimate of drug-likeness (QED) is 0.868. The molecule has 2 N–H and O–H groups in total. The van der Waals surface area contributed by atoms with E-state index in [1.165, 1.54) is 17.5 Å². The lowest BCUT2D eigenvalue weighted by atomic mass is 10.1. The number of hydrogen-bond acceptors (Lipinski definition) is 3. The van der Waals surface area contributed by atoms with E-state index >= 15 is 0 Å². The van der Waals surface area contributed by atoms with Gasteiger partial charge in [-0.05, 0) is 68.7 Å². The Morgan fingerprint density at radius 2 is 2.00 bits per heavy atom. The van der Waals surface area contributed by atoms with Crippen LogP contribution in [0, 0.1) is 5.41 Å². The molecule has 1 fully saturated rings. The highest BCUT2D eigenvalue weighted by molar-refractivity contribution is 5.85. The van der Waals surface area contributed by atoms with E-state index in [-0.39, 0.29) is 0 Å². The number of nitrogens with one attached hydrogen (secondary N) is 2. The molecule has 0 aliphatic heterocycles. The van der Waals surface area contributed by atoms with Crippen LogP contribution in [0.2, 0.25) is 0 Å². The van der Waals surface area contributed by atoms with Gasteiger partial charge in [-0.3, -0.25) is 5.32 Å². The summed E-state index contributed by atoms with van der Waals surface area (Å²) in [5.41, 5.74) is 3.48. The monoisotopic (exact) mass is 316 g/mol. The average molecular weight is 316 g/mol. The molecule has 1 aromatic rings. The van der Waals surface area contributed by atoms with Crippen molar-refractivity contribution in [1.82, 2.24) is 5.32 Å². The van der Waals surface area contributed by atoms with E-state index in [4.69, 9.17) is 4.74 Å². The SMILES string of the molecule is CC(C)(C)OC(=O)Nc1ccc2c(c1)CCC2NC1CC1(C)C. The minimum absolute atomic E-state index is 0.398. The molecule has 23 heavy (non-hydrogen) atoms. The van der Waals surface area contributed by atoms with E-state index in [2.05, 4.69) is 36.6 Å². The molecule has 4 nitrogen and oxygen atoms in total. The minimum atomic E-state index is -0.479. The van der Waals surface area contributed by atoms with Crippen molar-refractivity contribution in [1.29, 1.82) is 0 Å². The fourth-order valence-electron chi connectivity index (χ4n) is 3.28. The zero-order chi connectivity index (χ0) is 16.8. The molecule has 1 amide bonds. The molecule has 0 aromatic heterocycles. The summed E-state index contributed by atoms with van der Waals surface area (Å²) >= 11 is 0. The van der Waals surface area contributed by atoms with E-state index < -0.39 is 11.7 Å². The summed E-state index contributed by atoms with van der Waals surface area (Å²) in [7, 11) is 0. The van der Waals surface area contributed by atoms with Crippen LogP contribution in [0.3, 0.4) is 0 Å². The second kappa shape index (κ2) is 5.52. The molecule has 1 saturated carbocycles. The summed E-state index contributed by atoms with van der Waals surface area (Å²) in [6.07, 6.45) is 3.06. The van der Waals surface area contributed by atoms with Crippen LogP contribution in [0.5, 0.6) is 0 Å². The van der Waals surface area contributed by atoms with Crippen LogP contribution in [0.25, 0.3) is 0 Å². The van der Waals surface area contributed by atoms with Crippen LogP contribution in [-0.4, -0.2) is 17.7 Å². The third-order valence-corrected chi connectivity index (χ3v) is 4.78. The summed E-state index contributed by atoms with van der Waals surface area (Å²) in [5, 5.41) is 6.61. The van der Waals surface area contributed by atoms with Gasteiger partial charge in [-0.25, -0.2) is 4.79 Å². The lowest BCUT2D eigenvalue weighted by molar-refractivity contribution is 0.0636. The molecule has 2 aliphatic rings. The Bertz CT molecular complexity index is 616. The number of fused-ring (bicyclic) bond motifs is 1. The molecule has 4 heteroatoms. The standard InChI is InChI=1S/C19H28N2O2/c1-18(2,3)23-17(22)20-13-7-8-14-12(10-13)6-9-15(14)21-16-11-19(16,4)5/h7-8,10,15-16,21H,6,9,11H2,1-5H3,(H,20,22). The fourth-order valence-corrected chi connectivity index (χ4v) is 3.28. The lowest BCUT2D eigenvalue weighted by Crippen LogP contribution is -2.27. The first-order valence-electron chi connectivity index (χ1n) is 8.53. The van der Waals surface area contributed by atoms with Crippen molar-refractivity contribution in [2.45, 2.75) is 71.6 Å². The zero-order valence-corrected chi connectivity index (χ0v) is 14.8. The van der Waals surface area contributed by atoms with Gasteiger partial charge in [0, 0.05) is 17.8 Å².